The summed E-state index contributed by atoms with van der Waals surface area (Å²) in [5.74, 6) is 3.01. The number of anilines is 1. The zero-order valence-electron chi connectivity index (χ0n) is 16.9. The van der Waals surface area contributed by atoms with Crippen LogP contribution in [0.3, 0.4) is 0 Å². The van der Waals surface area contributed by atoms with Gasteiger partial charge in [0.1, 0.15) is 11.5 Å². The van der Waals surface area contributed by atoms with E-state index in [0.717, 1.165) is 45.4 Å². The van der Waals surface area contributed by atoms with Crippen LogP contribution in [0.25, 0.3) is 0 Å². The first-order valence-electron chi connectivity index (χ1n) is 9.10. The third-order valence-electron chi connectivity index (χ3n) is 4.19. The first kappa shape index (κ1) is 21.2. The lowest BCUT2D eigenvalue weighted by molar-refractivity contribution is 0.102. The van der Waals surface area contributed by atoms with Crippen LogP contribution in [0.1, 0.15) is 32.7 Å². The van der Waals surface area contributed by atoms with E-state index in [0.29, 0.717) is 10.7 Å². The maximum atomic E-state index is 12.5. The van der Waals surface area contributed by atoms with Gasteiger partial charge in [-0.25, -0.2) is 4.98 Å². The van der Waals surface area contributed by atoms with E-state index in [1.807, 2.05) is 55.6 Å². The van der Waals surface area contributed by atoms with E-state index in [-0.39, 0.29) is 5.91 Å². The second-order valence-electron chi connectivity index (χ2n) is 6.69. The topological polar surface area (TPSA) is 60.5 Å². The highest BCUT2D eigenvalue weighted by Crippen LogP contribution is 2.27. The van der Waals surface area contributed by atoms with Crippen molar-refractivity contribution in [3.05, 3.63) is 69.7 Å². The number of thioether (sulfide) groups is 1. The highest BCUT2D eigenvalue weighted by Gasteiger charge is 2.10. The van der Waals surface area contributed by atoms with Gasteiger partial charge in [-0.05, 0) is 43.7 Å². The normalized spacial score (nSPS) is 10.6. The molecule has 0 aliphatic heterocycles. The maximum Gasteiger partial charge on any atom is 0.257 e. The average molecular weight is 429 g/mol. The van der Waals surface area contributed by atoms with Gasteiger partial charge in [0.25, 0.3) is 5.91 Å². The Labute approximate surface area is 179 Å². The molecule has 0 radical (unpaired) electrons. The highest BCUT2D eigenvalue weighted by molar-refractivity contribution is 7.97. The Morgan fingerprint density at radius 1 is 1.00 bits per heavy atom. The number of nitrogens with one attached hydrogen (secondary N) is 1. The molecule has 0 spiro atoms. The number of amides is 1. The molecule has 29 heavy (non-hydrogen) atoms. The summed E-state index contributed by atoms with van der Waals surface area (Å²) in [6, 6.07) is 11.7. The van der Waals surface area contributed by atoms with Gasteiger partial charge in [-0.15, -0.1) is 11.3 Å². The largest absolute Gasteiger partial charge is 0.497 e. The number of aromatic nitrogens is 1. The van der Waals surface area contributed by atoms with Gasteiger partial charge in [0.05, 0.1) is 19.9 Å². The minimum atomic E-state index is -0.131. The van der Waals surface area contributed by atoms with E-state index in [4.69, 9.17) is 9.47 Å². The molecule has 0 bridgehead atoms. The predicted molar refractivity (Wildman–Crippen MR) is 121 cm³/mol. The van der Waals surface area contributed by atoms with Crippen molar-refractivity contribution in [2.45, 2.75) is 25.4 Å². The molecule has 3 aromatic rings. The minimum absolute atomic E-state index is 0.131. The van der Waals surface area contributed by atoms with Crippen LogP contribution in [0.2, 0.25) is 0 Å². The standard InChI is InChI=1S/C22H24N2O3S2/c1-14-5-15(2)7-17(6-14)21(25)24-22-23-18(13-29-22)12-28-11-16-8-19(26-3)10-20(9-16)27-4/h5-10,13H,11-12H2,1-4H3,(H,23,24,25). The zero-order chi connectivity index (χ0) is 20.8. The predicted octanol–water partition coefficient (Wildman–Crippen LogP) is 5.46. The fourth-order valence-corrected chi connectivity index (χ4v) is 4.60. The van der Waals surface area contributed by atoms with Crippen molar-refractivity contribution in [3.8, 4) is 11.5 Å². The molecule has 2 aromatic carbocycles. The van der Waals surface area contributed by atoms with E-state index >= 15 is 0 Å². The second kappa shape index (κ2) is 9.80. The fourth-order valence-electron chi connectivity index (χ4n) is 2.93. The molecular formula is C22H24N2O3S2. The third kappa shape index (κ3) is 5.98. The molecule has 3 rings (SSSR count). The quantitative estimate of drug-likeness (QED) is 0.516. The van der Waals surface area contributed by atoms with Crippen LogP contribution in [0.4, 0.5) is 5.13 Å². The Kier molecular flexibility index (Phi) is 7.17. The van der Waals surface area contributed by atoms with Crippen LogP contribution < -0.4 is 14.8 Å². The number of aryl methyl sites for hydroxylation is 2. The summed E-state index contributed by atoms with van der Waals surface area (Å²) in [6.07, 6.45) is 0. The van der Waals surface area contributed by atoms with E-state index in [1.54, 1.807) is 26.0 Å². The van der Waals surface area contributed by atoms with Crippen molar-refractivity contribution in [1.29, 1.82) is 0 Å². The van der Waals surface area contributed by atoms with Crippen LogP contribution in [-0.4, -0.2) is 25.1 Å². The summed E-state index contributed by atoms with van der Waals surface area (Å²) in [6.45, 7) is 3.97. The van der Waals surface area contributed by atoms with Crippen molar-refractivity contribution in [2.24, 2.45) is 0 Å². The molecule has 0 saturated carbocycles. The Bertz CT molecular complexity index is 959. The summed E-state index contributed by atoms with van der Waals surface area (Å²) in [4.78, 5) is 17.0. The lowest BCUT2D eigenvalue weighted by Crippen LogP contribution is -2.12. The monoisotopic (exact) mass is 428 g/mol. The van der Waals surface area contributed by atoms with Crippen LogP contribution in [-0.2, 0) is 11.5 Å². The van der Waals surface area contributed by atoms with Gasteiger partial charge >= 0.3 is 0 Å². The van der Waals surface area contributed by atoms with Gasteiger partial charge in [-0.1, -0.05) is 17.2 Å². The summed E-state index contributed by atoms with van der Waals surface area (Å²) < 4.78 is 10.6. The van der Waals surface area contributed by atoms with Gasteiger partial charge < -0.3 is 9.47 Å². The molecule has 0 aliphatic carbocycles. The van der Waals surface area contributed by atoms with Crippen molar-refractivity contribution in [1.82, 2.24) is 4.98 Å². The van der Waals surface area contributed by atoms with Crippen LogP contribution in [0.15, 0.2) is 41.8 Å². The Hall–Kier alpha value is -2.51. The molecule has 0 atom stereocenters. The van der Waals surface area contributed by atoms with Gasteiger partial charge in [-0.3, -0.25) is 10.1 Å². The lowest BCUT2D eigenvalue weighted by Gasteiger charge is -2.08. The van der Waals surface area contributed by atoms with E-state index in [9.17, 15) is 4.79 Å². The van der Waals surface area contributed by atoms with Gasteiger partial charge in [0.2, 0.25) is 0 Å². The number of ether oxygens (including phenoxy) is 2. The van der Waals surface area contributed by atoms with Crippen molar-refractivity contribution < 1.29 is 14.3 Å². The van der Waals surface area contributed by atoms with Crippen molar-refractivity contribution in [2.75, 3.05) is 19.5 Å². The number of carbonyl (C=O) groups excluding carboxylic acids is 1. The number of methoxy groups -OCH3 is 2. The highest BCUT2D eigenvalue weighted by atomic mass is 32.2. The molecule has 0 aliphatic rings. The summed E-state index contributed by atoms with van der Waals surface area (Å²) in [5, 5.41) is 5.50. The number of hydrogen-bond donors (Lipinski definition) is 1. The Balaban J connectivity index is 1.56. The van der Waals surface area contributed by atoms with E-state index in [2.05, 4.69) is 10.3 Å². The molecule has 0 saturated heterocycles. The first-order valence-corrected chi connectivity index (χ1v) is 11.1. The summed E-state index contributed by atoms with van der Waals surface area (Å²) in [7, 11) is 3.30. The SMILES string of the molecule is COc1cc(CSCc2csc(NC(=O)c3cc(C)cc(C)c3)n2)cc(OC)c1. The minimum Gasteiger partial charge on any atom is -0.497 e. The Morgan fingerprint density at radius 2 is 1.66 bits per heavy atom. The second-order valence-corrected chi connectivity index (χ2v) is 8.53. The summed E-state index contributed by atoms with van der Waals surface area (Å²) >= 11 is 3.19. The molecular weight excluding hydrogens is 404 g/mol. The third-order valence-corrected chi connectivity index (χ3v) is 6.03. The average Bonchev–Trinajstić information content (AvgIpc) is 3.14. The summed E-state index contributed by atoms with van der Waals surface area (Å²) in [5.41, 5.74) is 4.87. The number of benzene rings is 2. The number of nitrogens with zero attached hydrogens (tertiary/aromatic N) is 1. The molecule has 1 amide bonds. The number of thiazole rings is 1. The fraction of sp³-hybridized carbons (Fsp3) is 0.273. The molecule has 1 heterocycles. The first-order chi connectivity index (χ1) is 14.0. The van der Waals surface area contributed by atoms with Crippen molar-refractivity contribution in [3.63, 3.8) is 0 Å². The molecule has 7 heteroatoms. The molecule has 1 N–H and O–H groups in total. The lowest BCUT2D eigenvalue weighted by atomic mass is 10.1. The van der Waals surface area contributed by atoms with Gasteiger partial charge in [0.15, 0.2) is 5.13 Å². The van der Waals surface area contributed by atoms with Crippen molar-refractivity contribution >= 4 is 34.1 Å². The number of rotatable bonds is 8. The molecule has 5 nitrogen and oxygen atoms in total. The maximum absolute atomic E-state index is 12.5. The molecule has 0 unspecified atom stereocenters. The van der Waals surface area contributed by atoms with Crippen LogP contribution >= 0.6 is 23.1 Å². The van der Waals surface area contributed by atoms with Crippen LogP contribution in [0.5, 0.6) is 11.5 Å². The smallest absolute Gasteiger partial charge is 0.257 e. The number of hydrogen-bond acceptors (Lipinski definition) is 6. The number of carbonyl (C=O) groups is 1. The van der Waals surface area contributed by atoms with E-state index < -0.39 is 0 Å². The van der Waals surface area contributed by atoms with Gasteiger partial charge in [-0.2, -0.15) is 11.8 Å². The Morgan fingerprint density at radius 3 is 2.28 bits per heavy atom. The molecule has 0 fully saturated rings. The van der Waals surface area contributed by atoms with Gasteiger partial charge in [0, 0.05) is 28.5 Å². The molecule has 152 valence electrons. The zero-order valence-corrected chi connectivity index (χ0v) is 18.6. The van der Waals surface area contributed by atoms with E-state index in [1.165, 1.54) is 11.3 Å². The van der Waals surface area contributed by atoms with Crippen LogP contribution in [0, 0.1) is 13.8 Å². The molecule has 1 aromatic heterocycles.